The van der Waals surface area contributed by atoms with E-state index in [1.165, 1.54) is 19.3 Å². The molecule has 0 unspecified atom stereocenters. The van der Waals surface area contributed by atoms with Gasteiger partial charge in [0.05, 0.1) is 5.69 Å². The number of ether oxygens (including phenoxy) is 1. The lowest BCUT2D eigenvalue weighted by molar-refractivity contribution is 0.115. The van der Waals surface area contributed by atoms with Gasteiger partial charge in [0, 0.05) is 24.8 Å². The van der Waals surface area contributed by atoms with Gasteiger partial charge in [0.25, 0.3) is 0 Å². The zero-order valence-corrected chi connectivity index (χ0v) is 16.5. The number of aromatic nitrogens is 2. The molecule has 1 aromatic carbocycles. The number of urea groups is 1. The second kappa shape index (κ2) is 8.37. The quantitative estimate of drug-likeness (QED) is 0.836. The van der Waals surface area contributed by atoms with E-state index < -0.39 is 0 Å². The van der Waals surface area contributed by atoms with E-state index in [-0.39, 0.29) is 12.1 Å². The fourth-order valence-corrected chi connectivity index (χ4v) is 3.94. The number of benzene rings is 1. The van der Waals surface area contributed by atoms with Crippen molar-refractivity contribution in [1.82, 2.24) is 15.1 Å². The normalized spacial score (nSPS) is 20.1. The average Bonchev–Trinajstić information content (AvgIpc) is 2.65. The first-order valence-corrected chi connectivity index (χ1v) is 9.56. The van der Waals surface area contributed by atoms with Crippen molar-refractivity contribution in [2.45, 2.75) is 46.1 Å². The molecule has 27 heavy (non-hydrogen) atoms. The molecule has 0 saturated heterocycles. The first-order chi connectivity index (χ1) is 12.9. The van der Waals surface area contributed by atoms with Crippen molar-refractivity contribution < 1.29 is 9.53 Å². The number of nitrogens with one attached hydrogen (secondary N) is 1. The van der Waals surface area contributed by atoms with Crippen molar-refractivity contribution in [3.05, 3.63) is 42.1 Å². The molecule has 2 amide bonds. The SMILES string of the molecule is Cc1ccc(Oc2ccc(NC(=O)N(C)C3[C@H](C)CCC[C@H]3C)cc2)nn1. The summed E-state index contributed by atoms with van der Waals surface area (Å²) in [6.45, 7) is 6.36. The Morgan fingerprint density at radius 3 is 2.33 bits per heavy atom. The maximum atomic E-state index is 12.7. The highest BCUT2D eigenvalue weighted by molar-refractivity contribution is 5.89. The maximum Gasteiger partial charge on any atom is 0.321 e. The summed E-state index contributed by atoms with van der Waals surface area (Å²) in [6.07, 6.45) is 3.61. The molecule has 3 rings (SSSR count). The minimum absolute atomic E-state index is 0.0707. The summed E-state index contributed by atoms with van der Waals surface area (Å²) in [5, 5.41) is 10.9. The van der Waals surface area contributed by atoms with Crippen LogP contribution in [0.3, 0.4) is 0 Å². The van der Waals surface area contributed by atoms with Crippen molar-refractivity contribution >= 4 is 11.7 Å². The molecule has 2 aromatic rings. The van der Waals surface area contributed by atoms with Crippen LogP contribution in [0.2, 0.25) is 0 Å². The van der Waals surface area contributed by atoms with Gasteiger partial charge in [-0.1, -0.05) is 20.3 Å². The lowest BCUT2D eigenvalue weighted by atomic mass is 9.78. The predicted molar refractivity (Wildman–Crippen MR) is 106 cm³/mol. The van der Waals surface area contributed by atoms with Gasteiger partial charge in [-0.3, -0.25) is 0 Å². The molecule has 0 aliphatic heterocycles. The van der Waals surface area contributed by atoms with Gasteiger partial charge < -0.3 is 15.0 Å². The molecule has 1 aliphatic carbocycles. The summed E-state index contributed by atoms with van der Waals surface area (Å²) >= 11 is 0. The van der Waals surface area contributed by atoms with Gasteiger partial charge in [0.15, 0.2) is 0 Å². The molecule has 144 valence electrons. The number of amides is 2. The van der Waals surface area contributed by atoms with E-state index in [1.807, 2.05) is 49.2 Å². The van der Waals surface area contributed by atoms with E-state index in [0.29, 0.717) is 23.5 Å². The number of anilines is 1. The molecule has 0 bridgehead atoms. The molecule has 1 aromatic heterocycles. The third-order valence-electron chi connectivity index (χ3n) is 5.35. The topological polar surface area (TPSA) is 67.3 Å². The smallest absolute Gasteiger partial charge is 0.321 e. The van der Waals surface area contributed by atoms with Crippen LogP contribution in [0.1, 0.15) is 38.8 Å². The lowest BCUT2D eigenvalue weighted by Crippen LogP contribution is -2.48. The molecular formula is C21H28N4O2. The molecule has 1 N–H and O–H groups in total. The van der Waals surface area contributed by atoms with Crippen LogP contribution in [-0.2, 0) is 0 Å². The Morgan fingerprint density at radius 1 is 1.07 bits per heavy atom. The summed E-state index contributed by atoms with van der Waals surface area (Å²) in [5.74, 6) is 2.14. The van der Waals surface area contributed by atoms with E-state index in [9.17, 15) is 4.79 Å². The monoisotopic (exact) mass is 368 g/mol. The number of nitrogens with zero attached hydrogens (tertiary/aromatic N) is 3. The summed E-state index contributed by atoms with van der Waals surface area (Å²) in [5.41, 5.74) is 1.58. The molecule has 1 saturated carbocycles. The van der Waals surface area contributed by atoms with Gasteiger partial charge in [-0.05, 0) is 61.9 Å². The summed E-state index contributed by atoms with van der Waals surface area (Å²) in [7, 11) is 1.89. The second-order valence-corrected chi connectivity index (χ2v) is 7.56. The Balaban J connectivity index is 1.60. The maximum absolute atomic E-state index is 12.7. The number of carbonyl (C=O) groups excluding carboxylic acids is 1. The lowest BCUT2D eigenvalue weighted by Gasteiger charge is -2.40. The van der Waals surface area contributed by atoms with E-state index in [4.69, 9.17) is 4.74 Å². The van der Waals surface area contributed by atoms with Gasteiger partial charge >= 0.3 is 6.03 Å². The van der Waals surface area contributed by atoms with Crippen LogP contribution < -0.4 is 10.1 Å². The average molecular weight is 368 g/mol. The summed E-state index contributed by atoms with van der Waals surface area (Å²) in [6, 6.07) is 11.1. The molecule has 1 aliphatic rings. The van der Waals surface area contributed by atoms with E-state index in [2.05, 4.69) is 29.4 Å². The van der Waals surface area contributed by atoms with Crippen LogP contribution in [0.15, 0.2) is 36.4 Å². The highest BCUT2D eigenvalue weighted by atomic mass is 16.5. The fourth-order valence-electron chi connectivity index (χ4n) is 3.94. The Kier molecular flexibility index (Phi) is 5.94. The number of carbonyl (C=O) groups is 1. The van der Waals surface area contributed by atoms with E-state index in [0.717, 1.165) is 11.4 Å². The van der Waals surface area contributed by atoms with Gasteiger partial charge in [-0.2, -0.15) is 5.10 Å². The first kappa shape index (κ1) is 19.1. The van der Waals surface area contributed by atoms with Gasteiger partial charge in [-0.25, -0.2) is 4.79 Å². The third-order valence-corrected chi connectivity index (χ3v) is 5.35. The molecule has 1 fully saturated rings. The summed E-state index contributed by atoms with van der Waals surface area (Å²) in [4.78, 5) is 14.5. The Bertz CT molecular complexity index is 751. The minimum Gasteiger partial charge on any atom is -0.438 e. The Labute approximate surface area is 160 Å². The second-order valence-electron chi connectivity index (χ2n) is 7.56. The number of hydrogen-bond acceptors (Lipinski definition) is 4. The Hall–Kier alpha value is -2.63. The summed E-state index contributed by atoms with van der Waals surface area (Å²) < 4.78 is 5.67. The number of rotatable bonds is 4. The van der Waals surface area contributed by atoms with Gasteiger partial charge in [-0.15, -0.1) is 5.10 Å². The van der Waals surface area contributed by atoms with Crippen LogP contribution in [-0.4, -0.2) is 34.2 Å². The molecular weight excluding hydrogens is 340 g/mol. The van der Waals surface area contributed by atoms with Crippen LogP contribution in [0, 0.1) is 18.8 Å². The largest absolute Gasteiger partial charge is 0.438 e. The van der Waals surface area contributed by atoms with Gasteiger partial charge in [0.1, 0.15) is 5.75 Å². The van der Waals surface area contributed by atoms with Gasteiger partial charge in [0.2, 0.25) is 5.88 Å². The van der Waals surface area contributed by atoms with E-state index >= 15 is 0 Å². The highest BCUT2D eigenvalue weighted by Gasteiger charge is 2.33. The van der Waals surface area contributed by atoms with Crippen LogP contribution in [0.25, 0.3) is 0 Å². The van der Waals surface area contributed by atoms with Crippen molar-refractivity contribution in [3.8, 4) is 11.6 Å². The zero-order chi connectivity index (χ0) is 19.4. The standard InChI is InChI=1S/C21H28N4O2/c1-14-6-5-7-15(2)20(14)25(4)21(26)22-17-9-11-18(12-10-17)27-19-13-8-16(3)23-24-19/h8-15,20H,5-7H2,1-4H3,(H,22,26)/t14-,15-/m1/s1. The van der Waals surface area contributed by atoms with Crippen molar-refractivity contribution in [3.63, 3.8) is 0 Å². The predicted octanol–water partition coefficient (Wildman–Crippen LogP) is 4.87. The molecule has 1 heterocycles. The first-order valence-electron chi connectivity index (χ1n) is 9.56. The van der Waals surface area contributed by atoms with Crippen molar-refractivity contribution in [2.75, 3.05) is 12.4 Å². The van der Waals surface area contributed by atoms with Crippen LogP contribution in [0.4, 0.5) is 10.5 Å². The zero-order valence-electron chi connectivity index (χ0n) is 16.5. The molecule has 0 radical (unpaired) electrons. The Morgan fingerprint density at radius 2 is 1.74 bits per heavy atom. The van der Waals surface area contributed by atoms with Crippen molar-refractivity contribution in [1.29, 1.82) is 0 Å². The van der Waals surface area contributed by atoms with Crippen LogP contribution in [0.5, 0.6) is 11.6 Å². The van der Waals surface area contributed by atoms with Crippen molar-refractivity contribution in [2.24, 2.45) is 11.8 Å². The van der Waals surface area contributed by atoms with Crippen LogP contribution >= 0.6 is 0 Å². The fraction of sp³-hybridized carbons (Fsp3) is 0.476. The highest BCUT2D eigenvalue weighted by Crippen LogP contribution is 2.32. The molecule has 6 heteroatoms. The molecule has 6 nitrogen and oxygen atoms in total. The third kappa shape index (κ3) is 4.76. The molecule has 0 spiro atoms. The number of aryl methyl sites for hydroxylation is 1. The molecule has 2 atom stereocenters. The van der Waals surface area contributed by atoms with E-state index in [1.54, 1.807) is 6.07 Å². The minimum atomic E-state index is -0.0707. The number of hydrogen-bond donors (Lipinski definition) is 1.